The number of hydrogen-bond donors (Lipinski definition) is 0. The van der Waals surface area contributed by atoms with Gasteiger partial charge < -0.3 is 8.98 Å². The molecule has 0 aliphatic rings. The van der Waals surface area contributed by atoms with Crippen molar-refractivity contribution in [1.29, 1.82) is 0 Å². The van der Waals surface area contributed by atoms with Crippen molar-refractivity contribution in [3.05, 3.63) is 76.5 Å². The van der Waals surface area contributed by atoms with Gasteiger partial charge in [0.25, 0.3) is 5.56 Å². The van der Waals surface area contributed by atoms with Crippen molar-refractivity contribution in [2.24, 2.45) is 0 Å². The van der Waals surface area contributed by atoms with E-state index in [0.29, 0.717) is 17.9 Å². The number of aryl methyl sites for hydroxylation is 1. The summed E-state index contributed by atoms with van der Waals surface area (Å²) in [5.41, 5.74) is 2.29. The third-order valence-electron chi connectivity index (χ3n) is 3.77. The number of pyridine rings is 1. The first-order valence-electron chi connectivity index (χ1n) is 7.71. The Labute approximate surface area is 147 Å². The van der Waals surface area contributed by atoms with Crippen LogP contribution in [0.2, 0.25) is 0 Å². The highest BCUT2D eigenvalue weighted by atomic mass is 32.2. The minimum absolute atomic E-state index is 0.0821. The molecule has 0 aliphatic carbocycles. The molecule has 0 aromatic carbocycles. The third-order valence-corrected chi connectivity index (χ3v) is 4.79. The van der Waals surface area contributed by atoms with Gasteiger partial charge >= 0.3 is 0 Å². The van der Waals surface area contributed by atoms with Crippen LogP contribution in [0.15, 0.2) is 63.5 Å². The molecular weight excluding hydrogens is 338 g/mol. The van der Waals surface area contributed by atoms with E-state index >= 15 is 0 Å². The number of rotatable bonds is 5. The maximum absolute atomic E-state index is 12.3. The fourth-order valence-corrected chi connectivity index (χ4v) is 3.36. The molecule has 8 heteroatoms. The van der Waals surface area contributed by atoms with Crippen molar-refractivity contribution in [1.82, 2.24) is 24.1 Å². The van der Waals surface area contributed by atoms with E-state index in [9.17, 15) is 4.79 Å². The summed E-state index contributed by atoms with van der Waals surface area (Å²) in [5.74, 6) is 1.37. The Morgan fingerprint density at radius 3 is 3.04 bits per heavy atom. The standard InChI is InChI=1S/C17H15N5O2S/c1-12-4-2-6-22-15(23)8-13(19-16(12)22)10-25-17-20-18-11-21(17)9-14-5-3-7-24-14/h2-8,11H,9-10H2,1H3. The second-order valence-electron chi connectivity index (χ2n) is 5.58. The highest BCUT2D eigenvalue weighted by Gasteiger charge is 2.10. The van der Waals surface area contributed by atoms with Gasteiger partial charge in [-0.3, -0.25) is 9.20 Å². The summed E-state index contributed by atoms with van der Waals surface area (Å²) in [6.07, 6.45) is 5.04. The molecule has 0 atom stereocenters. The number of furan rings is 1. The SMILES string of the molecule is Cc1cccn2c(=O)cc(CSc3nncn3Cc3ccco3)nc12. The first-order chi connectivity index (χ1) is 12.2. The van der Waals surface area contributed by atoms with Crippen LogP contribution in [-0.4, -0.2) is 24.1 Å². The quantitative estimate of drug-likeness (QED) is 0.513. The van der Waals surface area contributed by atoms with E-state index in [1.54, 1.807) is 29.3 Å². The summed E-state index contributed by atoms with van der Waals surface area (Å²) in [7, 11) is 0. The molecule has 0 amide bonds. The van der Waals surface area contributed by atoms with Gasteiger partial charge in [-0.25, -0.2) is 4.98 Å². The van der Waals surface area contributed by atoms with Crippen LogP contribution < -0.4 is 5.56 Å². The van der Waals surface area contributed by atoms with Gasteiger partial charge in [-0.2, -0.15) is 0 Å². The number of fused-ring (bicyclic) bond motifs is 1. The lowest BCUT2D eigenvalue weighted by Gasteiger charge is -2.07. The molecule has 0 saturated carbocycles. The normalized spacial score (nSPS) is 11.2. The van der Waals surface area contributed by atoms with E-state index in [1.807, 2.05) is 35.8 Å². The van der Waals surface area contributed by atoms with Crippen molar-refractivity contribution in [3.8, 4) is 0 Å². The second-order valence-corrected chi connectivity index (χ2v) is 6.52. The molecule has 25 heavy (non-hydrogen) atoms. The zero-order valence-corrected chi connectivity index (χ0v) is 14.3. The number of aromatic nitrogens is 5. The first-order valence-corrected chi connectivity index (χ1v) is 8.70. The molecule has 0 saturated heterocycles. The molecule has 0 N–H and O–H groups in total. The minimum atomic E-state index is -0.0821. The Morgan fingerprint density at radius 1 is 1.28 bits per heavy atom. The summed E-state index contributed by atoms with van der Waals surface area (Å²) >= 11 is 1.49. The van der Waals surface area contributed by atoms with Gasteiger partial charge in [-0.15, -0.1) is 10.2 Å². The van der Waals surface area contributed by atoms with Crippen LogP contribution in [0.25, 0.3) is 5.65 Å². The summed E-state index contributed by atoms with van der Waals surface area (Å²) in [6, 6.07) is 9.10. The monoisotopic (exact) mass is 353 g/mol. The molecule has 0 radical (unpaired) electrons. The Kier molecular flexibility index (Phi) is 4.10. The zero-order chi connectivity index (χ0) is 17.2. The lowest BCUT2D eigenvalue weighted by Crippen LogP contribution is -2.15. The summed E-state index contributed by atoms with van der Waals surface area (Å²) in [4.78, 5) is 16.9. The molecule has 126 valence electrons. The summed E-state index contributed by atoms with van der Waals surface area (Å²) in [6.45, 7) is 2.51. The molecule has 0 bridgehead atoms. The summed E-state index contributed by atoms with van der Waals surface area (Å²) < 4.78 is 8.82. The fourth-order valence-electron chi connectivity index (χ4n) is 2.56. The van der Waals surface area contributed by atoms with Gasteiger partial charge in [-0.1, -0.05) is 17.8 Å². The van der Waals surface area contributed by atoms with Crippen molar-refractivity contribution in [2.45, 2.75) is 24.4 Å². The van der Waals surface area contributed by atoms with Crippen molar-refractivity contribution >= 4 is 17.4 Å². The average Bonchev–Trinajstić information content (AvgIpc) is 3.26. The van der Waals surface area contributed by atoms with Crippen LogP contribution in [-0.2, 0) is 12.3 Å². The molecule has 4 rings (SSSR count). The molecule has 4 aromatic rings. The van der Waals surface area contributed by atoms with Crippen LogP contribution >= 0.6 is 11.8 Å². The largest absolute Gasteiger partial charge is 0.467 e. The van der Waals surface area contributed by atoms with Crippen molar-refractivity contribution < 1.29 is 4.42 Å². The first kappa shape index (κ1) is 15.6. The topological polar surface area (TPSA) is 78.2 Å². The van der Waals surface area contributed by atoms with Gasteiger partial charge in [0.15, 0.2) is 5.16 Å². The number of thioether (sulfide) groups is 1. The van der Waals surface area contributed by atoms with Crippen LogP contribution in [0.1, 0.15) is 17.0 Å². The maximum Gasteiger partial charge on any atom is 0.258 e. The molecule has 4 aromatic heterocycles. The van der Waals surface area contributed by atoms with E-state index in [4.69, 9.17) is 4.42 Å². The fraction of sp³-hybridized carbons (Fsp3) is 0.176. The van der Waals surface area contributed by atoms with Gasteiger partial charge in [0.1, 0.15) is 17.7 Å². The Balaban J connectivity index is 1.56. The molecule has 7 nitrogen and oxygen atoms in total. The van der Waals surface area contributed by atoms with E-state index in [-0.39, 0.29) is 5.56 Å². The number of nitrogens with zero attached hydrogens (tertiary/aromatic N) is 5. The Morgan fingerprint density at radius 2 is 2.20 bits per heavy atom. The molecule has 0 unspecified atom stereocenters. The van der Waals surface area contributed by atoms with Crippen LogP contribution in [0.4, 0.5) is 0 Å². The Bertz CT molecular complexity index is 1070. The van der Waals surface area contributed by atoms with Gasteiger partial charge in [-0.05, 0) is 30.7 Å². The maximum atomic E-state index is 12.3. The molecule has 0 aliphatic heterocycles. The molecule has 4 heterocycles. The minimum Gasteiger partial charge on any atom is -0.467 e. The highest BCUT2D eigenvalue weighted by molar-refractivity contribution is 7.98. The van der Waals surface area contributed by atoms with E-state index < -0.39 is 0 Å². The predicted molar refractivity (Wildman–Crippen MR) is 93.6 cm³/mol. The van der Waals surface area contributed by atoms with Crippen molar-refractivity contribution in [2.75, 3.05) is 0 Å². The molecule has 0 fully saturated rings. The Hall–Kier alpha value is -2.87. The third kappa shape index (κ3) is 3.20. The molecular formula is C17H15N5O2S. The highest BCUT2D eigenvalue weighted by Crippen LogP contribution is 2.20. The van der Waals surface area contributed by atoms with Crippen LogP contribution in [0.5, 0.6) is 0 Å². The van der Waals surface area contributed by atoms with Crippen LogP contribution in [0, 0.1) is 6.92 Å². The summed E-state index contributed by atoms with van der Waals surface area (Å²) in [5, 5.41) is 8.85. The second kappa shape index (κ2) is 6.56. The van der Waals surface area contributed by atoms with Crippen LogP contribution in [0.3, 0.4) is 0 Å². The zero-order valence-electron chi connectivity index (χ0n) is 13.5. The number of hydrogen-bond acceptors (Lipinski definition) is 6. The average molecular weight is 353 g/mol. The van der Waals surface area contributed by atoms with Gasteiger partial charge in [0.2, 0.25) is 0 Å². The van der Waals surface area contributed by atoms with E-state index in [0.717, 1.165) is 22.2 Å². The van der Waals surface area contributed by atoms with E-state index in [1.165, 1.54) is 11.8 Å². The van der Waals surface area contributed by atoms with Crippen molar-refractivity contribution in [3.63, 3.8) is 0 Å². The smallest absolute Gasteiger partial charge is 0.258 e. The lowest BCUT2D eigenvalue weighted by atomic mass is 10.3. The van der Waals surface area contributed by atoms with E-state index in [2.05, 4.69) is 15.2 Å². The molecule has 0 spiro atoms. The lowest BCUT2D eigenvalue weighted by molar-refractivity contribution is 0.484. The van der Waals surface area contributed by atoms with Gasteiger partial charge in [0.05, 0.1) is 18.5 Å². The van der Waals surface area contributed by atoms with Gasteiger partial charge in [0, 0.05) is 18.0 Å². The predicted octanol–water partition coefficient (Wildman–Crippen LogP) is 2.53.